The number of hydrogen-bond donors (Lipinski definition) is 2. The molecule has 0 bridgehead atoms. The third-order valence-electron chi connectivity index (χ3n) is 3.42. The Hall–Kier alpha value is -2.92. The molecule has 6 heteroatoms. The number of H-pyrrole nitrogens is 1. The molecule has 0 aliphatic heterocycles. The molecule has 0 saturated carbocycles. The lowest BCUT2D eigenvalue weighted by Crippen LogP contribution is -2.17. The third kappa shape index (κ3) is 3.88. The van der Waals surface area contributed by atoms with E-state index in [0.29, 0.717) is 16.4 Å². The first kappa shape index (κ1) is 16.0. The van der Waals surface area contributed by atoms with E-state index in [0.717, 1.165) is 11.1 Å². The molecule has 0 saturated heterocycles. The van der Waals surface area contributed by atoms with Gasteiger partial charge in [-0.3, -0.25) is 9.89 Å². The number of hydrazone groups is 1. The molecule has 120 valence electrons. The van der Waals surface area contributed by atoms with Crippen LogP contribution in [0.4, 0.5) is 0 Å². The molecule has 2 N–H and O–H groups in total. The van der Waals surface area contributed by atoms with Crippen LogP contribution < -0.4 is 5.43 Å². The van der Waals surface area contributed by atoms with Gasteiger partial charge in [-0.15, -0.1) is 0 Å². The van der Waals surface area contributed by atoms with Crippen molar-refractivity contribution in [2.24, 2.45) is 5.10 Å². The average Bonchev–Trinajstić information content (AvgIpc) is 3.07. The summed E-state index contributed by atoms with van der Waals surface area (Å²) in [4.78, 5) is 12.1. The molecular weight excluding hydrogens is 324 g/mol. The van der Waals surface area contributed by atoms with Gasteiger partial charge in [0.05, 0.1) is 11.9 Å². The molecule has 5 nitrogen and oxygen atoms in total. The van der Waals surface area contributed by atoms with Crippen molar-refractivity contribution >= 4 is 23.7 Å². The largest absolute Gasteiger partial charge is 0.289 e. The summed E-state index contributed by atoms with van der Waals surface area (Å²) in [5.41, 5.74) is 6.47. The summed E-state index contributed by atoms with van der Waals surface area (Å²) in [5.74, 6) is -0.355. The lowest BCUT2D eigenvalue weighted by molar-refractivity contribution is 0.0950. The van der Waals surface area contributed by atoms with Crippen molar-refractivity contribution in [1.29, 1.82) is 0 Å². The van der Waals surface area contributed by atoms with Crippen molar-refractivity contribution in [1.82, 2.24) is 15.6 Å². The van der Waals surface area contributed by atoms with Crippen LogP contribution in [0.2, 0.25) is 5.02 Å². The molecule has 0 aliphatic carbocycles. The van der Waals surface area contributed by atoms with Gasteiger partial charge in [0.1, 0.15) is 5.69 Å². The molecule has 0 atom stereocenters. The van der Waals surface area contributed by atoms with Crippen molar-refractivity contribution < 1.29 is 4.79 Å². The first-order chi connectivity index (χ1) is 11.6. The predicted molar refractivity (Wildman–Crippen MR) is 95.3 cm³/mol. The van der Waals surface area contributed by atoms with Gasteiger partial charge < -0.3 is 0 Å². The Kier molecular flexibility index (Phi) is 4.72. The molecule has 0 radical (unpaired) electrons. The van der Waals surface area contributed by atoms with Crippen molar-refractivity contribution in [3.05, 3.63) is 76.4 Å². The van der Waals surface area contributed by atoms with Crippen LogP contribution in [0.15, 0.2) is 59.7 Å². The molecule has 1 amide bonds. The van der Waals surface area contributed by atoms with E-state index in [4.69, 9.17) is 11.6 Å². The lowest BCUT2D eigenvalue weighted by Gasteiger charge is -1.97. The number of aryl methyl sites for hydroxylation is 1. The molecule has 0 fully saturated rings. The van der Waals surface area contributed by atoms with Gasteiger partial charge in [0, 0.05) is 10.6 Å². The number of nitrogens with zero attached hydrogens (tertiary/aromatic N) is 2. The lowest BCUT2D eigenvalue weighted by atomic mass is 10.1. The summed E-state index contributed by atoms with van der Waals surface area (Å²) in [7, 11) is 0. The summed E-state index contributed by atoms with van der Waals surface area (Å²) < 4.78 is 0. The minimum absolute atomic E-state index is 0.346. The first-order valence-electron chi connectivity index (χ1n) is 7.33. The Morgan fingerprint density at radius 3 is 2.58 bits per heavy atom. The predicted octanol–water partition coefficient (Wildman–Crippen LogP) is 3.80. The maximum Gasteiger partial charge on any atom is 0.289 e. The minimum atomic E-state index is -0.355. The zero-order valence-corrected chi connectivity index (χ0v) is 13.7. The number of aromatic nitrogens is 2. The maximum absolute atomic E-state index is 12.1. The van der Waals surface area contributed by atoms with Crippen molar-refractivity contribution in [2.75, 3.05) is 0 Å². The highest BCUT2D eigenvalue weighted by atomic mass is 35.5. The van der Waals surface area contributed by atoms with Crippen LogP contribution in [0.1, 0.15) is 21.6 Å². The van der Waals surface area contributed by atoms with E-state index in [-0.39, 0.29) is 5.91 Å². The summed E-state index contributed by atoms with van der Waals surface area (Å²) in [6.45, 7) is 2.02. The molecule has 0 unspecified atom stereocenters. The fourth-order valence-electron chi connectivity index (χ4n) is 2.08. The minimum Gasteiger partial charge on any atom is -0.272 e. The monoisotopic (exact) mass is 338 g/mol. The molecular formula is C18H15ClN4O. The quantitative estimate of drug-likeness (QED) is 0.561. The number of amides is 1. The number of halogens is 1. The Morgan fingerprint density at radius 2 is 1.88 bits per heavy atom. The van der Waals surface area contributed by atoms with Gasteiger partial charge >= 0.3 is 0 Å². The highest BCUT2D eigenvalue weighted by Gasteiger charge is 2.10. The summed E-state index contributed by atoms with van der Waals surface area (Å²) in [6, 6.07) is 16.8. The van der Waals surface area contributed by atoms with Crippen LogP contribution in [-0.2, 0) is 0 Å². The first-order valence-corrected chi connectivity index (χ1v) is 7.71. The summed E-state index contributed by atoms with van der Waals surface area (Å²) in [5, 5.41) is 11.5. The summed E-state index contributed by atoms with van der Waals surface area (Å²) >= 11 is 5.81. The van der Waals surface area contributed by atoms with E-state index >= 15 is 0 Å². The van der Waals surface area contributed by atoms with Crippen LogP contribution in [0.3, 0.4) is 0 Å². The fourth-order valence-corrected chi connectivity index (χ4v) is 2.21. The van der Waals surface area contributed by atoms with Gasteiger partial charge in [-0.05, 0) is 30.7 Å². The Labute approximate surface area is 144 Å². The second kappa shape index (κ2) is 7.10. The second-order valence-corrected chi connectivity index (χ2v) is 5.72. The van der Waals surface area contributed by atoms with Crippen molar-refractivity contribution in [3.8, 4) is 11.3 Å². The van der Waals surface area contributed by atoms with E-state index < -0.39 is 0 Å². The maximum atomic E-state index is 12.1. The highest BCUT2D eigenvalue weighted by Crippen LogP contribution is 2.18. The fraction of sp³-hybridized carbons (Fsp3) is 0.0556. The van der Waals surface area contributed by atoms with E-state index in [1.54, 1.807) is 24.4 Å². The van der Waals surface area contributed by atoms with E-state index in [1.807, 2.05) is 43.3 Å². The van der Waals surface area contributed by atoms with E-state index in [9.17, 15) is 4.79 Å². The summed E-state index contributed by atoms with van der Waals surface area (Å²) in [6.07, 6.45) is 1.55. The van der Waals surface area contributed by atoms with Gasteiger partial charge in [0.15, 0.2) is 0 Å². The van der Waals surface area contributed by atoms with Gasteiger partial charge in [0.2, 0.25) is 0 Å². The third-order valence-corrected chi connectivity index (χ3v) is 3.67. The van der Waals surface area contributed by atoms with Crippen LogP contribution in [0, 0.1) is 6.92 Å². The number of carbonyl (C=O) groups is 1. The van der Waals surface area contributed by atoms with Crippen molar-refractivity contribution in [2.45, 2.75) is 6.92 Å². The Morgan fingerprint density at radius 1 is 1.17 bits per heavy atom. The van der Waals surface area contributed by atoms with Gasteiger partial charge in [-0.2, -0.15) is 10.2 Å². The zero-order valence-electron chi connectivity index (χ0n) is 13.0. The van der Waals surface area contributed by atoms with Gasteiger partial charge in [-0.25, -0.2) is 5.43 Å². The second-order valence-electron chi connectivity index (χ2n) is 5.28. The average molecular weight is 339 g/mol. The molecule has 3 rings (SSSR count). The molecule has 1 aromatic heterocycles. The number of rotatable bonds is 4. The molecule has 24 heavy (non-hydrogen) atoms. The molecule has 3 aromatic rings. The normalized spacial score (nSPS) is 10.9. The van der Waals surface area contributed by atoms with Crippen LogP contribution >= 0.6 is 11.6 Å². The van der Waals surface area contributed by atoms with E-state index in [2.05, 4.69) is 20.7 Å². The Bertz CT molecular complexity index is 867. The zero-order chi connectivity index (χ0) is 16.9. The molecule has 2 aromatic carbocycles. The van der Waals surface area contributed by atoms with Gasteiger partial charge in [0.25, 0.3) is 5.91 Å². The molecule has 0 aliphatic rings. The highest BCUT2D eigenvalue weighted by molar-refractivity contribution is 6.30. The van der Waals surface area contributed by atoms with Crippen LogP contribution in [-0.4, -0.2) is 22.3 Å². The number of carbonyl (C=O) groups excluding carboxylic acids is 1. The van der Waals surface area contributed by atoms with Crippen LogP contribution in [0.5, 0.6) is 0 Å². The Balaban J connectivity index is 1.65. The smallest absolute Gasteiger partial charge is 0.272 e. The number of aromatic amines is 1. The SMILES string of the molecule is Cc1ccc(-c2cc(C(=O)N/N=C\c3ccc(Cl)cc3)[nH]n2)cc1. The number of nitrogens with one attached hydrogen (secondary N) is 2. The number of benzene rings is 2. The standard InChI is InChI=1S/C18H15ClN4O/c1-12-2-6-14(7-3-12)16-10-17(22-21-16)18(24)23-20-11-13-4-8-15(19)9-5-13/h2-11H,1H3,(H,21,22)(H,23,24)/b20-11-. The topological polar surface area (TPSA) is 70.1 Å². The molecule has 1 heterocycles. The van der Waals surface area contributed by atoms with Crippen LogP contribution in [0.25, 0.3) is 11.3 Å². The van der Waals surface area contributed by atoms with Crippen molar-refractivity contribution in [3.63, 3.8) is 0 Å². The molecule has 0 spiro atoms. The van der Waals surface area contributed by atoms with Gasteiger partial charge in [-0.1, -0.05) is 53.6 Å². The van der Waals surface area contributed by atoms with E-state index in [1.165, 1.54) is 5.56 Å². The number of hydrogen-bond acceptors (Lipinski definition) is 3.